The predicted octanol–water partition coefficient (Wildman–Crippen LogP) is 2.22. The van der Waals surface area contributed by atoms with Crippen molar-refractivity contribution in [2.45, 2.75) is 20.0 Å². The molecule has 0 heterocycles. The second-order valence-electron chi connectivity index (χ2n) is 4.29. The van der Waals surface area contributed by atoms with E-state index in [1.165, 1.54) is 12.1 Å². The van der Waals surface area contributed by atoms with E-state index in [9.17, 15) is 13.5 Å². The van der Waals surface area contributed by atoms with Crippen molar-refractivity contribution >= 4 is 21.4 Å². The summed E-state index contributed by atoms with van der Waals surface area (Å²) in [6, 6.07) is 3.05. The summed E-state index contributed by atoms with van der Waals surface area (Å²) in [4.78, 5) is 0. The molecule has 0 spiro atoms. The Morgan fingerprint density at radius 2 is 1.70 bits per heavy atom. The van der Waals surface area contributed by atoms with Crippen LogP contribution in [0.15, 0.2) is 12.1 Å². The highest BCUT2D eigenvalue weighted by molar-refractivity contribution is 7.90. The van der Waals surface area contributed by atoms with E-state index < -0.39 is 21.7 Å². The van der Waals surface area contributed by atoms with E-state index in [1.807, 2.05) is 13.8 Å². The van der Waals surface area contributed by atoms with Gasteiger partial charge in [0, 0.05) is 17.9 Å². The van der Waals surface area contributed by atoms with Gasteiger partial charge in [-0.05, 0) is 19.9 Å². The molecule has 1 aromatic rings. The molecule has 0 bridgehead atoms. The lowest BCUT2D eigenvalue weighted by molar-refractivity contribution is 0.200. The molecule has 0 aromatic heterocycles. The number of aliphatic hydroxyl groups excluding tert-OH is 1. The van der Waals surface area contributed by atoms with Crippen LogP contribution in [0.3, 0.4) is 0 Å². The molecule has 1 aromatic carbocycles. The van der Waals surface area contributed by atoms with Gasteiger partial charge in [-0.25, -0.2) is 8.42 Å². The summed E-state index contributed by atoms with van der Waals surface area (Å²) >= 11 is 6.07. The van der Waals surface area contributed by atoms with E-state index in [4.69, 9.17) is 21.1 Å². The highest BCUT2D eigenvalue weighted by Crippen LogP contribution is 2.36. The zero-order valence-corrected chi connectivity index (χ0v) is 13.3. The number of ether oxygens (including phenoxy) is 2. The van der Waals surface area contributed by atoms with Crippen LogP contribution < -0.4 is 9.47 Å². The first-order chi connectivity index (χ1) is 9.28. The largest absolute Gasteiger partial charge is 0.490 e. The number of aliphatic hydroxyl groups is 1. The summed E-state index contributed by atoms with van der Waals surface area (Å²) in [6.45, 7) is 4.51. The van der Waals surface area contributed by atoms with Crippen LogP contribution >= 0.6 is 11.6 Å². The van der Waals surface area contributed by atoms with Gasteiger partial charge >= 0.3 is 0 Å². The zero-order valence-electron chi connectivity index (χ0n) is 11.7. The number of halogens is 1. The van der Waals surface area contributed by atoms with E-state index >= 15 is 0 Å². The van der Waals surface area contributed by atoms with E-state index in [-0.39, 0.29) is 5.02 Å². The normalized spacial score (nSPS) is 13.1. The van der Waals surface area contributed by atoms with Crippen LogP contribution in [0.4, 0.5) is 0 Å². The first kappa shape index (κ1) is 17.1. The number of rotatable bonds is 7. The van der Waals surface area contributed by atoms with Crippen molar-refractivity contribution in [1.82, 2.24) is 0 Å². The van der Waals surface area contributed by atoms with E-state index in [0.29, 0.717) is 30.3 Å². The van der Waals surface area contributed by atoms with Gasteiger partial charge in [0.2, 0.25) is 0 Å². The summed E-state index contributed by atoms with van der Waals surface area (Å²) in [5.41, 5.74) is 0.309. The number of hydrogen-bond donors (Lipinski definition) is 1. The minimum atomic E-state index is -3.31. The fraction of sp³-hybridized carbons (Fsp3) is 0.538. The Kier molecular flexibility index (Phi) is 6.10. The third-order valence-electron chi connectivity index (χ3n) is 2.48. The van der Waals surface area contributed by atoms with Gasteiger partial charge in [0.15, 0.2) is 11.5 Å². The van der Waals surface area contributed by atoms with Crippen molar-refractivity contribution < 1.29 is 23.0 Å². The molecule has 0 radical (unpaired) electrons. The van der Waals surface area contributed by atoms with Crippen LogP contribution in [0, 0.1) is 0 Å². The van der Waals surface area contributed by atoms with Gasteiger partial charge in [0.05, 0.1) is 30.1 Å². The average molecular weight is 323 g/mol. The van der Waals surface area contributed by atoms with Crippen molar-refractivity contribution in [1.29, 1.82) is 0 Å². The molecule has 0 saturated heterocycles. The molecule has 1 N–H and O–H groups in total. The molecule has 1 unspecified atom stereocenters. The summed E-state index contributed by atoms with van der Waals surface area (Å²) in [7, 11) is -3.31. The second-order valence-corrected chi connectivity index (χ2v) is 6.89. The van der Waals surface area contributed by atoms with Crippen LogP contribution in [0.1, 0.15) is 25.5 Å². The van der Waals surface area contributed by atoms with Crippen molar-refractivity contribution in [2.75, 3.05) is 25.2 Å². The van der Waals surface area contributed by atoms with Crippen LogP contribution in [0.25, 0.3) is 0 Å². The maximum absolute atomic E-state index is 11.2. The van der Waals surface area contributed by atoms with Crippen LogP contribution in [-0.4, -0.2) is 38.7 Å². The number of sulfone groups is 1. The molecule has 0 aliphatic rings. The van der Waals surface area contributed by atoms with Gasteiger partial charge in [-0.1, -0.05) is 11.6 Å². The van der Waals surface area contributed by atoms with Gasteiger partial charge in [0.1, 0.15) is 9.84 Å². The Hall–Kier alpha value is -0.980. The second kappa shape index (κ2) is 7.15. The standard InChI is InChI=1S/C13H19ClO5S/c1-4-18-12-6-9(11(15)8-20(3,16)17)10(14)7-13(12)19-5-2/h6-7,11,15H,4-5,8H2,1-3H3. The van der Waals surface area contributed by atoms with Crippen molar-refractivity contribution in [3.63, 3.8) is 0 Å². The highest BCUT2D eigenvalue weighted by Gasteiger charge is 2.20. The number of hydrogen-bond acceptors (Lipinski definition) is 5. The quantitative estimate of drug-likeness (QED) is 0.833. The molecule has 5 nitrogen and oxygen atoms in total. The topological polar surface area (TPSA) is 72.8 Å². The molecule has 114 valence electrons. The van der Waals surface area contributed by atoms with Crippen molar-refractivity contribution in [2.24, 2.45) is 0 Å². The van der Waals surface area contributed by atoms with Crippen LogP contribution in [0.5, 0.6) is 11.5 Å². The maximum Gasteiger partial charge on any atom is 0.162 e. The van der Waals surface area contributed by atoms with Gasteiger partial charge in [-0.15, -0.1) is 0 Å². The fourth-order valence-corrected chi connectivity index (χ4v) is 2.75. The molecule has 1 atom stereocenters. The molecule has 0 saturated carbocycles. The molecule has 20 heavy (non-hydrogen) atoms. The fourth-order valence-electron chi connectivity index (χ4n) is 1.72. The Bertz CT molecular complexity index is 556. The summed E-state index contributed by atoms with van der Waals surface area (Å²) in [5.74, 6) is 0.502. The van der Waals surface area contributed by atoms with E-state index in [1.54, 1.807) is 0 Å². The van der Waals surface area contributed by atoms with Gasteiger partial charge in [-0.3, -0.25) is 0 Å². The molecular weight excluding hydrogens is 304 g/mol. The minimum Gasteiger partial charge on any atom is -0.490 e. The first-order valence-electron chi connectivity index (χ1n) is 6.23. The summed E-state index contributed by atoms with van der Waals surface area (Å²) in [5, 5.41) is 10.2. The number of benzene rings is 1. The van der Waals surface area contributed by atoms with Crippen LogP contribution in [0.2, 0.25) is 5.02 Å². The van der Waals surface area contributed by atoms with Crippen molar-refractivity contribution in [3.8, 4) is 11.5 Å². The maximum atomic E-state index is 11.2. The Morgan fingerprint density at radius 1 is 1.20 bits per heavy atom. The summed E-state index contributed by atoms with van der Waals surface area (Å²) in [6.07, 6.45) is -0.144. The highest BCUT2D eigenvalue weighted by atomic mass is 35.5. The lowest BCUT2D eigenvalue weighted by Crippen LogP contribution is -2.13. The Balaban J connectivity index is 3.17. The molecule has 0 aliphatic heterocycles. The summed E-state index contributed by atoms with van der Waals surface area (Å²) < 4.78 is 33.3. The molecule has 0 fully saturated rings. The minimum absolute atomic E-state index is 0.244. The molecule has 0 amide bonds. The van der Waals surface area contributed by atoms with Gasteiger partial charge < -0.3 is 14.6 Å². The van der Waals surface area contributed by atoms with E-state index in [0.717, 1.165) is 6.26 Å². The Morgan fingerprint density at radius 3 is 2.15 bits per heavy atom. The third kappa shape index (κ3) is 4.85. The van der Waals surface area contributed by atoms with Crippen molar-refractivity contribution in [3.05, 3.63) is 22.7 Å². The molecule has 7 heteroatoms. The van der Waals surface area contributed by atoms with Gasteiger partial charge in [0.25, 0.3) is 0 Å². The molecule has 1 rings (SSSR count). The molecular formula is C13H19ClO5S. The lowest BCUT2D eigenvalue weighted by Gasteiger charge is -2.17. The van der Waals surface area contributed by atoms with E-state index in [2.05, 4.69) is 0 Å². The predicted molar refractivity (Wildman–Crippen MR) is 78.5 cm³/mol. The average Bonchev–Trinajstić information content (AvgIpc) is 2.30. The first-order valence-corrected chi connectivity index (χ1v) is 8.67. The SMILES string of the molecule is CCOc1cc(Cl)c(C(O)CS(C)(=O)=O)cc1OCC. The smallest absolute Gasteiger partial charge is 0.162 e. The monoisotopic (exact) mass is 322 g/mol. The zero-order chi connectivity index (χ0) is 15.3. The molecule has 0 aliphatic carbocycles. The van der Waals surface area contributed by atoms with Gasteiger partial charge in [-0.2, -0.15) is 0 Å². The third-order valence-corrected chi connectivity index (χ3v) is 3.73. The lowest BCUT2D eigenvalue weighted by atomic mass is 10.1. The Labute approximate surface area is 124 Å². The van der Waals surface area contributed by atoms with Crippen LogP contribution in [-0.2, 0) is 9.84 Å².